The molecule has 0 bridgehead atoms. The van der Waals surface area contributed by atoms with Gasteiger partial charge in [0.2, 0.25) is 0 Å². The van der Waals surface area contributed by atoms with Crippen molar-refractivity contribution in [3.05, 3.63) is 29.6 Å². The SMILES string of the molecule is C1=CC(N2CCCc3nn(C4COC4)cc3C2)=NCC1. The molecule has 20 heavy (non-hydrogen) atoms. The molecule has 1 aromatic rings. The van der Waals surface area contributed by atoms with Gasteiger partial charge >= 0.3 is 0 Å². The summed E-state index contributed by atoms with van der Waals surface area (Å²) in [7, 11) is 0. The maximum atomic E-state index is 5.26. The lowest BCUT2D eigenvalue weighted by Gasteiger charge is -2.26. The molecule has 0 atom stereocenters. The Labute approximate surface area is 118 Å². The number of nitrogens with zero attached hydrogens (tertiary/aromatic N) is 4. The highest BCUT2D eigenvalue weighted by atomic mass is 16.5. The number of fused-ring (bicyclic) bond motifs is 1. The molecular formula is C15H20N4O. The number of aromatic nitrogens is 2. The van der Waals surface area contributed by atoms with Crippen LogP contribution in [0.1, 0.15) is 30.1 Å². The molecule has 0 N–H and O–H groups in total. The van der Waals surface area contributed by atoms with Gasteiger partial charge in [-0.15, -0.1) is 0 Å². The Morgan fingerprint density at radius 1 is 1.30 bits per heavy atom. The highest BCUT2D eigenvalue weighted by Crippen LogP contribution is 2.23. The molecular weight excluding hydrogens is 252 g/mol. The molecule has 5 heteroatoms. The van der Waals surface area contributed by atoms with Crippen molar-refractivity contribution in [2.45, 2.75) is 31.8 Å². The molecule has 1 aromatic heterocycles. The standard InChI is InChI=1S/C15H20N4O/c1-2-6-16-15(5-1)18-7-3-4-14-12(8-18)9-19(17-14)13-10-20-11-13/h1,5,9,13H,2-4,6-8,10-11H2. The molecule has 0 saturated carbocycles. The molecule has 4 rings (SSSR count). The van der Waals surface area contributed by atoms with E-state index in [1.54, 1.807) is 0 Å². The van der Waals surface area contributed by atoms with E-state index in [2.05, 4.69) is 32.9 Å². The monoisotopic (exact) mass is 272 g/mol. The second-order valence-corrected chi connectivity index (χ2v) is 5.73. The van der Waals surface area contributed by atoms with Crippen LogP contribution >= 0.6 is 0 Å². The minimum Gasteiger partial charge on any atom is -0.377 e. The van der Waals surface area contributed by atoms with Crippen molar-refractivity contribution in [2.24, 2.45) is 4.99 Å². The van der Waals surface area contributed by atoms with Gasteiger partial charge in [-0.05, 0) is 25.3 Å². The summed E-state index contributed by atoms with van der Waals surface area (Å²) in [5.41, 5.74) is 2.62. The topological polar surface area (TPSA) is 42.7 Å². The zero-order valence-corrected chi connectivity index (χ0v) is 11.7. The number of aliphatic imine (C=N–C) groups is 1. The highest BCUT2D eigenvalue weighted by Gasteiger charge is 2.25. The smallest absolute Gasteiger partial charge is 0.123 e. The first-order chi connectivity index (χ1) is 9.90. The van der Waals surface area contributed by atoms with Crippen molar-refractivity contribution in [3.8, 4) is 0 Å². The summed E-state index contributed by atoms with van der Waals surface area (Å²) >= 11 is 0. The summed E-state index contributed by atoms with van der Waals surface area (Å²) in [5, 5.41) is 4.76. The largest absolute Gasteiger partial charge is 0.377 e. The highest BCUT2D eigenvalue weighted by molar-refractivity contribution is 5.93. The second-order valence-electron chi connectivity index (χ2n) is 5.73. The molecule has 0 radical (unpaired) electrons. The van der Waals surface area contributed by atoms with E-state index in [0.29, 0.717) is 6.04 Å². The second kappa shape index (κ2) is 5.05. The van der Waals surface area contributed by atoms with Crippen LogP contribution in [-0.4, -0.2) is 46.8 Å². The van der Waals surface area contributed by atoms with Gasteiger partial charge in [-0.25, -0.2) is 0 Å². The van der Waals surface area contributed by atoms with Gasteiger partial charge < -0.3 is 9.64 Å². The Hall–Kier alpha value is -1.62. The normalized spacial score (nSPS) is 23.0. The minimum atomic E-state index is 0.447. The molecule has 3 aliphatic heterocycles. The zero-order valence-electron chi connectivity index (χ0n) is 11.7. The van der Waals surface area contributed by atoms with E-state index in [-0.39, 0.29) is 0 Å². The average molecular weight is 272 g/mol. The Balaban J connectivity index is 1.57. The van der Waals surface area contributed by atoms with Crippen LogP contribution in [0.4, 0.5) is 0 Å². The van der Waals surface area contributed by atoms with Crippen LogP contribution in [-0.2, 0) is 17.7 Å². The Morgan fingerprint density at radius 2 is 2.25 bits per heavy atom. The summed E-state index contributed by atoms with van der Waals surface area (Å²) < 4.78 is 7.37. The first-order valence-electron chi connectivity index (χ1n) is 7.51. The van der Waals surface area contributed by atoms with Gasteiger partial charge in [0.05, 0.1) is 24.9 Å². The lowest BCUT2D eigenvalue weighted by molar-refractivity contribution is -0.0288. The molecule has 106 valence electrons. The minimum absolute atomic E-state index is 0.447. The average Bonchev–Trinajstić information content (AvgIpc) is 2.69. The van der Waals surface area contributed by atoms with Crippen molar-refractivity contribution >= 4 is 5.84 Å². The number of rotatable bonds is 1. The van der Waals surface area contributed by atoms with Crippen LogP contribution in [0, 0.1) is 0 Å². The zero-order chi connectivity index (χ0) is 13.4. The quantitative estimate of drug-likeness (QED) is 0.779. The number of hydrogen-bond acceptors (Lipinski definition) is 4. The summed E-state index contributed by atoms with van der Waals surface area (Å²) in [4.78, 5) is 7.04. The summed E-state index contributed by atoms with van der Waals surface area (Å²) in [6.07, 6.45) is 9.90. The van der Waals surface area contributed by atoms with E-state index in [1.807, 2.05) is 0 Å². The lowest BCUT2D eigenvalue weighted by atomic mass is 10.2. The summed E-state index contributed by atoms with van der Waals surface area (Å²) in [5.74, 6) is 1.14. The number of aryl methyl sites for hydroxylation is 1. The van der Waals surface area contributed by atoms with E-state index < -0.39 is 0 Å². The number of amidine groups is 1. The summed E-state index contributed by atoms with van der Waals surface area (Å²) in [6.45, 7) is 4.55. The van der Waals surface area contributed by atoms with Crippen molar-refractivity contribution in [1.29, 1.82) is 0 Å². The molecule has 0 unspecified atom stereocenters. The van der Waals surface area contributed by atoms with Gasteiger partial charge in [0, 0.05) is 31.4 Å². The van der Waals surface area contributed by atoms with Crippen molar-refractivity contribution in [1.82, 2.24) is 14.7 Å². The van der Waals surface area contributed by atoms with E-state index >= 15 is 0 Å². The predicted octanol–water partition coefficient (Wildman–Crippen LogP) is 1.56. The predicted molar refractivity (Wildman–Crippen MR) is 76.9 cm³/mol. The Kier molecular flexibility index (Phi) is 3.07. The molecule has 3 aliphatic rings. The Bertz CT molecular complexity index is 556. The molecule has 0 spiro atoms. The Morgan fingerprint density at radius 3 is 3.00 bits per heavy atom. The third-order valence-corrected chi connectivity index (χ3v) is 4.25. The third-order valence-electron chi connectivity index (χ3n) is 4.25. The van der Waals surface area contributed by atoms with Gasteiger partial charge in [0.15, 0.2) is 0 Å². The van der Waals surface area contributed by atoms with Crippen LogP contribution in [0.25, 0.3) is 0 Å². The molecule has 1 saturated heterocycles. The molecule has 0 amide bonds. The first kappa shape index (κ1) is 12.1. The van der Waals surface area contributed by atoms with Crippen LogP contribution in [0.5, 0.6) is 0 Å². The fraction of sp³-hybridized carbons (Fsp3) is 0.600. The van der Waals surface area contributed by atoms with E-state index in [1.165, 1.54) is 11.3 Å². The van der Waals surface area contributed by atoms with E-state index in [4.69, 9.17) is 9.84 Å². The van der Waals surface area contributed by atoms with Crippen LogP contribution < -0.4 is 0 Å². The number of hydrogen-bond donors (Lipinski definition) is 0. The maximum Gasteiger partial charge on any atom is 0.123 e. The van der Waals surface area contributed by atoms with Crippen molar-refractivity contribution in [2.75, 3.05) is 26.3 Å². The van der Waals surface area contributed by atoms with Crippen LogP contribution in [0.15, 0.2) is 23.3 Å². The van der Waals surface area contributed by atoms with Crippen molar-refractivity contribution < 1.29 is 4.74 Å². The molecule has 1 fully saturated rings. The lowest BCUT2D eigenvalue weighted by Crippen LogP contribution is -2.32. The van der Waals surface area contributed by atoms with Crippen molar-refractivity contribution in [3.63, 3.8) is 0 Å². The summed E-state index contributed by atoms with van der Waals surface area (Å²) in [6, 6.07) is 0.447. The fourth-order valence-electron chi connectivity index (χ4n) is 2.99. The van der Waals surface area contributed by atoms with Crippen LogP contribution in [0.2, 0.25) is 0 Å². The first-order valence-corrected chi connectivity index (χ1v) is 7.51. The van der Waals surface area contributed by atoms with Gasteiger partial charge in [-0.3, -0.25) is 9.67 Å². The maximum absolute atomic E-state index is 5.26. The third kappa shape index (κ3) is 2.16. The molecule has 4 heterocycles. The number of dihydropyridines is 1. The van der Waals surface area contributed by atoms with E-state index in [9.17, 15) is 0 Å². The molecule has 5 nitrogen and oxygen atoms in total. The van der Waals surface area contributed by atoms with E-state index in [0.717, 1.165) is 57.9 Å². The number of ether oxygens (including phenoxy) is 1. The molecule has 0 aromatic carbocycles. The van der Waals surface area contributed by atoms with Crippen LogP contribution in [0.3, 0.4) is 0 Å². The van der Waals surface area contributed by atoms with Gasteiger partial charge in [0.1, 0.15) is 5.84 Å². The molecule has 0 aliphatic carbocycles. The van der Waals surface area contributed by atoms with Gasteiger partial charge in [-0.1, -0.05) is 6.08 Å². The van der Waals surface area contributed by atoms with Gasteiger partial charge in [0.25, 0.3) is 0 Å². The fourth-order valence-corrected chi connectivity index (χ4v) is 2.99. The van der Waals surface area contributed by atoms with Gasteiger partial charge in [-0.2, -0.15) is 5.10 Å².